The van der Waals surface area contributed by atoms with Crippen LogP contribution in [0.3, 0.4) is 0 Å². The molecule has 0 bridgehead atoms. The lowest BCUT2D eigenvalue weighted by molar-refractivity contribution is 0.318. The third kappa shape index (κ3) is 4.31. The maximum absolute atomic E-state index is 12.2. The van der Waals surface area contributed by atoms with E-state index in [9.17, 15) is 4.79 Å². The average molecular weight is 437 g/mol. The minimum absolute atomic E-state index is 0. The van der Waals surface area contributed by atoms with Crippen LogP contribution in [0.4, 0.5) is 17.2 Å². The summed E-state index contributed by atoms with van der Waals surface area (Å²) < 4.78 is 2.33. The van der Waals surface area contributed by atoms with Gasteiger partial charge in [0, 0.05) is 43.4 Å². The summed E-state index contributed by atoms with van der Waals surface area (Å²) in [7, 11) is 1.71. The molecule has 26 heavy (non-hydrogen) atoms. The first kappa shape index (κ1) is 20.1. The van der Waals surface area contributed by atoms with Crippen LogP contribution in [0.5, 0.6) is 0 Å². The lowest BCUT2D eigenvalue weighted by atomic mass is 10.2. The van der Waals surface area contributed by atoms with Crippen molar-refractivity contribution in [2.24, 2.45) is 7.05 Å². The fourth-order valence-corrected chi connectivity index (χ4v) is 3.50. The van der Waals surface area contributed by atoms with Gasteiger partial charge in [0.25, 0.3) is 5.56 Å². The van der Waals surface area contributed by atoms with Crippen LogP contribution in [0.25, 0.3) is 0 Å². The van der Waals surface area contributed by atoms with E-state index >= 15 is 0 Å². The Bertz CT molecular complexity index is 863. The Labute approximate surface area is 167 Å². The fourth-order valence-electron chi connectivity index (χ4n) is 2.96. The number of hydrogen-bond donors (Lipinski definition) is 1. The summed E-state index contributed by atoms with van der Waals surface area (Å²) >= 11 is 3.39. The van der Waals surface area contributed by atoms with E-state index in [0.717, 1.165) is 23.2 Å². The molecule has 1 fully saturated rings. The van der Waals surface area contributed by atoms with Crippen LogP contribution in [0.2, 0.25) is 0 Å². The molecule has 1 atom stereocenters. The Kier molecular flexibility index (Phi) is 6.56. The van der Waals surface area contributed by atoms with Gasteiger partial charge < -0.3 is 19.7 Å². The van der Waals surface area contributed by atoms with Gasteiger partial charge in [0.1, 0.15) is 11.5 Å². The Morgan fingerprint density at radius 2 is 2.15 bits per heavy atom. The molecule has 9 heteroatoms. The van der Waals surface area contributed by atoms with Gasteiger partial charge in [-0.25, -0.2) is 4.98 Å². The van der Waals surface area contributed by atoms with Gasteiger partial charge in [0.2, 0.25) is 0 Å². The number of halogens is 1. The Morgan fingerprint density at radius 1 is 1.38 bits per heavy atom. The van der Waals surface area contributed by atoms with Gasteiger partial charge in [-0.15, -0.1) is 0 Å². The van der Waals surface area contributed by atoms with Gasteiger partial charge in [0.15, 0.2) is 6.19 Å². The molecule has 1 aliphatic heterocycles. The van der Waals surface area contributed by atoms with Crippen LogP contribution < -0.4 is 15.8 Å². The summed E-state index contributed by atoms with van der Waals surface area (Å²) in [4.78, 5) is 20.6. The molecular weight excluding hydrogens is 416 g/mol. The highest BCUT2D eigenvalue weighted by molar-refractivity contribution is 9.10. The minimum Gasteiger partial charge on any atom is -0.364 e. The third-order valence-corrected chi connectivity index (χ3v) is 4.69. The molecule has 0 aromatic carbocycles. The maximum Gasteiger partial charge on any atom is 0.274 e. The normalized spacial score (nSPS) is 16.6. The van der Waals surface area contributed by atoms with E-state index in [0.29, 0.717) is 18.1 Å². The maximum atomic E-state index is 12.2. The summed E-state index contributed by atoms with van der Waals surface area (Å²) in [5.74, 6) is 0.613. The van der Waals surface area contributed by atoms with E-state index in [-0.39, 0.29) is 25.1 Å². The summed E-state index contributed by atoms with van der Waals surface area (Å²) in [5, 5.41) is 12.1. The first-order chi connectivity index (χ1) is 12.0. The van der Waals surface area contributed by atoms with Crippen molar-refractivity contribution >= 4 is 46.6 Å². The second-order valence-electron chi connectivity index (χ2n) is 6.10. The van der Waals surface area contributed by atoms with Crippen LogP contribution in [0.1, 0.15) is 6.92 Å². The number of aromatic nitrogens is 2. The van der Waals surface area contributed by atoms with Crippen LogP contribution in [0, 0.1) is 11.5 Å². The highest BCUT2D eigenvalue weighted by Gasteiger charge is 2.23. The van der Waals surface area contributed by atoms with Gasteiger partial charge in [-0.1, -0.05) is 0 Å². The summed E-state index contributed by atoms with van der Waals surface area (Å²) in [6.45, 7) is 4.32. The quantitative estimate of drug-likeness (QED) is 0.744. The van der Waals surface area contributed by atoms with Crippen LogP contribution in [-0.4, -0.2) is 40.1 Å². The second kappa shape index (κ2) is 8.47. The number of aryl methyl sites for hydroxylation is 1. The molecule has 1 saturated heterocycles. The standard InChI is InChI=1S/C17H19BrN6O.H2S/c1-12-9-23(11-19)5-6-24(12)14-3-4-16(20-8-14)21-15-7-13(18)10-22(2)17(15)25;/h3-4,7-8,10,12H,5-6,9H2,1-2H3,(H,20,21);1H2/t12-;/m0./s1. The topological polar surface area (TPSA) is 77.2 Å². The van der Waals surface area contributed by atoms with E-state index in [4.69, 9.17) is 5.26 Å². The molecule has 2 aromatic rings. The van der Waals surface area contributed by atoms with E-state index in [1.165, 1.54) is 4.57 Å². The SMILES string of the molecule is C[C@H]1CN(C#N)CCN1c1ccc(Nc2cc(Br)cn(C)c2=O)nc1.S. The molecule has 138 valence electrons. The highest BCUT2D eigenvalue weighted by atomic mass is 79.9. The van der Waals surface area contributed by atoms with Crippen LogP contribution in [-0.2, 0) is 7.05 Å². The highest BCUT2D eigenvalue weighted by Crippen LogP contribution is 2.22. The molecule has 3 rings (SSSR count). The van der Waals surface area contributed by atoms with Crippen molar-refractivity contribution in [3.8, 4) is 6.19 Å². The first-order valence-electron chi connectivity index (χ1n) is 7.98. The number of nitrogens with zero attached hydrogens (tertiary/aromatic N) is 5. The number of anilines is 3. The summed E-state index contributed by atoms with van der Waals surface area (Å²) in [6.07, 6.45) is 5.71. The molecule has 3 heterocycles. The number of hydrogen-bond acceptors (Lipinski definition) is 6. The Morgan fingerprint density at radius 3 is 2.77 bits per heavy atom. The Balaban J connectivity index is 0.00000243. The predicted octanol–water partition coefficient (Wildman–Crippen LogP) is 2.39. The molecule has 0 radical (unpaired) electrons. The summed E-state index contributed by atoms with van der Waals surface area (Å²) in [5.41, 5.74) is 1.36. The zero-order valence-electron chi connectivity index (χ0n) is 14.6. The van der Waals surface area contributed by atoms with Gasteiger partial charge >= 0.3 is 0 Å². The molecule has 0 aliphatic carbocycles. The zero-order valence-corrected chi connectivity index (χ0v) is 17.2. The van der Waals surface area contributed by atoms with Crippen molar-refractivity contribution in [3.63, 3.8) is 0 Å². The van der Waals surface area contributed by atoms with Crippen molar-refractivity contribution in [3.05, 3.63) is 45.4 Å². The zero-order chi connectivity index (χ0) is 18.0. The van der Waals surface area contributed by atoms with Gasteiger partial charge in [-0.3, -0.25) is 4.79 Å². The monoisotopic (exact) mass is 436 g/mol. The van der Waals surface area contributed by atoms with Gasteiger partial charge in [0.05, 0.1) is 11.9 Å². The lowest BCUT2D eigenvalue weighted by Crippen LogP contribution is -2.50. The molecule has 2 aromatic heterocycles. The van der Waals surface area contributed by atoms with Crippen LogP contribution in [0.15, 0.2) is 39.9 Å². The van der Waals surface area contributed by atoms with Crippen molar-refractivity contribution in [1.29, 1.82) is 5.26 Å². The number of piperazine rings is 1. The predicted molar refractivity (Wildman–Crippen MR) is 111 cm³/mol. The molecule has 1 N–H and O–H groups in total. The minimum atomic E-state index is -0.115. The fraction of sp³-hybridized carbons (Fsp3) is 0.353. The largest absolute Gasteiger partial charge is 0.364 e. The number of nitrogens with one attached hydrogen (secondary N) is 1. The molecule has 7 nitrogen and oxygen atoms in total. The number of pyridine rings is 2. The second-order valence-corrected chi connectivity index (χ2v) is 7.02. The van der Waals surface area contributed by atoms with Crippen molar-refractivity contribution in [2.75, 3.05) is 29.9 Å². The van der Waals surface area contributed by atoms with Crippen molar-refractivity contribution in [2.45, 2.75) is 13.0 Å². The van der Waals surface area contributed by atoms with Gasteiger partial charge in [-0.2, -0.15) is 18.8 Å². The van der Waals surface area contributed by atoms with Crippen LogP contribution >= 0.6 is 29.4 Å². The first-order valence-corrected chi connectivity index (χ1v) is 8.78. The van der Waals surface area contributed by atoms with Crippen molar-refractivity contribution in [1.82, 2.24) is 14.5 Å². The molecular formula is C17H21BrN6OS. The molecule has 0 amide bonds. The number of nitriles is 1. The van der Waals surface area contributed by atoms with E-state index in [1.54, 1.807) is 30.4 Å². The van der Waals surface area contributed by atoms with E-state index < -0.39 is 0 Å². The Hall–Kier alpha value is -2.18. The molecule has 0 spiro atoms. The smallest absolute Gasteiger partial charge is 0.274 e. The molecule has 0 unspecified atom stereocenters. The van der Waals surface area contributed by atoms with Crippen molar-refractivity contribution < 1.29 is 0 Å². The number of rotatable bonds is 3. The van der Waals surface area contributed by atoms with E-state index in [1.807, 2.05) is 12.1 Å². The lowest BCUT2D eigenvalue weighted by Gasteiger charge is -2.38. The molecule has 1 aliphatic rings. The van der Waals surface area contributed by atoms with Gasteiger partial charge in [-0.05, 0) is 41.1 Å². The third-order valence-electron chi connectivity index (χ3n) is 4.26. The van der Waals surface area contributed by atoms with E-state index in [2.05, 4.69) is 44.2 Å². The molecule has 0 saturated carbocycles. The average Bonchev–Trinajstić information content (AvgIpc) is 2.60. The summed E-state index contributed by atoms with van der Waals surface area (Å²) in [6, 6.07) is 5.82.